The predicted octanol–water partition coefficient (Wildman–Crippen LogP) is 1.74. The van der Waals surface area contributed by atoms with Gasteiger partial charge in [-0.25, -0.2) is 4.39 Å². The second kappa shape index (κ2) is 2.55. The molecule has 0 bridgehead atoms. The minimum atomic E-state index is -1.13. The van der Waals surface area contributed by atoms with Crippen molar-refractivity contribution in [2.24, 2.45) is 5.73 Å². The van der Waals surface area contributed by atoms with Crippen molar-refractivity contribution in [3.8, 4) is 0 Å². The first-order chi connectivity index (χ1) is 6.12. The Morgan fingerprint density at radius 1 is 1.31 bits per heavy atom. The topological polar surface area (TPSA) is 43.1 Å². The van der Waals surface area contributed by atoms with Crippen molar-refractivity contribution in [1.82, 2.24) is 0 Å². The molecular weight excluding hydrogens is 169 g/mol. The van der Waals surface area contributed by atoms with Crippen LogP contribution in [0.15, 0.2) is 24.3 Å². The first kappa shape index (κ1) is 8.23. The SMILES string of the molecule is NC(=O)c1ccc(C2(F)CC2)cc1. The maximum absolute atomic E-state index is 13.4. The molecule has 1 aromatic rings. The third-order valence-corrected chi connectivity index (χ3v) is 2.38. The van der Waals surface area contributed by atoms with Crippen LogP contribution >= 0.6 is 0 Å². The number of nitrogens with two attached hydrogens (primary N) is 1. The molecule has 2 N–H and O–H groups in total. The average molecular weight is 179 g/mol. The first-order valence-corrected chi connectivity index (χ1v) is 4.21. The summed E-state index contributed by atoms with van der Waals surface area (Å²) < 4.78 is 13.4. The fraction of sp³-hybridized carbons (Fsp3) is 0.300. The molecule has 0 spiro atoms. The fourth-order valence-corrected chi connectivity index (χ4v) is 1.33. The summed E-state index contributed by atoms with van der Waals surface area (Å²) in [6, 6.07) is 6.40. The number of hydrogen-bond donors (Lipinski definition) is 1. The van der Waals surface area contributed by atoms with Gasteiger partial charge in [-0.2, -0.15) is 0 Å². The number of carbonyl (C=O) groups excluding carboxylic acids is 1. The second-order valence-electron chi connectivity index (χ2n) is 3.41. The highest BCUT2D eigenvalue weighted by molar-refractivity contribution is 5.92. The van der Waals surface area contributed by atoms with Gasteiger partial charge in [0.25, 0.3) is 0 Å². The van der Waals surface area contributed by atoms with Crippen LogP contribution in [0.5, 0.6) is 0 Å². The van der Waals surface area contributed by atoms with Crippen LogP contribution < -0.4 is 5.73 Å². The van der Waals surface area contributed by atoms with Crippen molar-refractivity contribution in [3.63, 3.8) is 0 Å². The van der Waals surface area contributed by atoms with E-state index in [-0.39, 0.29) is 0 Å². The molecule has 1 aromatic carbocycles. The Morgan fingerprint density at radius 2 is 1.85 bits per heavy atom. The van der Waals surface area contributed by atoms with E-state index in [4.69, 9.17) is 5.73 Å². The van der Waals surface area contributed by atoms with E-state index in [1.807, 2.05) is 0 Å². The molecule has 0 unspecified atom stereocenters. The number of primary amides is 1. The lowest BCUT2D eigenvalue weighted by Crippen LogP contribution is -2.11. The van der Waals surface area contributed by atoms with Crippen LogP contribution in [0.25, 0.3) is 0 Å². The van der Waals surface area contributed by atoms with E-state index < -0.39 is 11.6 Å². The van der Waals surface area contributed by atoms with Crippen LogP contribution in [-0.2, 0) is 5.67 Å². The average Bonchev–Trinajstić information content (AvgIpc) is 2.85. The molecular formula is C10H10FNO. The number of hydrogen-bond acceptors (Lipinski definition) is 1. The van der Waals surface area contributed by atoms with E-state index in [9.17, 15) is 9.18 Å². The number of rotatable bonds is 2. The molecule has 1 fully saturated rings. The monoisotopic (exact) mass is 179 g/mol. The summed E-state index contributed by atoms with van der Waals surface area (Å²) >= 11 is 0. The van der Waals surface area contributed by atoms with Gasteiger partial charge in [0.15, 0.2) is 0 Å². The van der Waals surface area contributed by atoms with Crippen LogP contribution in [0.2, 0.25) is 0 Å². The molecule has 13 heavy (non-hydrogen) atoms. The van der Waals surface area contributed by atoms with Crippen molar-refractivity contribution in [2.75, 3.05) is 0 Å². The van der Waals surface area contributed by atoms with Gasteiger partial charge < -0.3 is 5.73 Å². The predicted molar refractivity (Wildman–Crippen MR) is 47.0 cm³/mol. The summed E-state index contributed by atoms with van der Waals surface area (Å²) in [4.78, 5) is 10.7. The summed E-state index contributed by atoms with van der Waals surface area (Å²) in [5, 5.41) is 0. The number of amides is 1. The van der Waals surface area contributed by atoms with E-state index in [0.29, 0.717) is 24.0 Å². The molecule has 0 aliphatic heterocycles. The highest BCUT2D eigenvalue weighted by Gasteiger charge is 2.44. The quantitative estimate of drug-likeness (QED) is 0.738. The van der Waals surface area contributed by atoms with Gasteiger partial charge in [0, 0.05) is 5.56 Å². The summed E-state index contributed by atoms with van der Waals surface area (Å²) in [6.45, 7) is 0. The van der Waals surface area contributed by atoms with Crippen molar-refractivity contribution in [2.45, 2.75) is 18.5 Å². The fourth-order valence-electron chi connectivity index (χ4n) is 1.33. The van der Waals surface area contributed by atoms with E-state index >= 15 is 0 Å². The maximum Gasteiger partial charge on any atom is 0.248 e. The number of benzene rings is 1. The standard InChI is InChI=1S/C10H10FNO/c11-10(5-6-10)8-3-1-7(2-4-8)9(12)13/h1-4H,5-6H2,(H2,12,13). The second-order valence-corrected chi connectivity index (χ2v) is 3.41. The number of carbonyl (C=O) groups is 1. The van der Waals surface area contributed by atoms with Crippen LogP contribution in [0, 0.1) is 0 Å². The smallest absolute Gasteiger partial charge is 0.248 e. The van der Waals surface area contributed by atoms with Gasteiger partial charge in [-0.1, -0.05) is 12.1 Å². The van der Waals surface area contributed by atoms with E-state index in [1.54, 1.807) is 24.3 Å². The minimum Gasteiger partial charge on any atom is -0.366 e. The van der Waals surface area contributed by atoms with Crippen molar-refractivity contribution in [1.29, 1.82) is 0 Å². The first-order valence-electron chi connectivity index (χ1n) is 4.21. The molecule has 2 nitrogen and oxygen atoms in total. The molecule has 1 aliphatic carbocycles. The zero-order chi connectivity index (χ0) is 9.47. The molecule has 68 valence electrons. The molecule has 1 aliphatic rings. The van der Waals surface area contributed by atoms with E-state index in [1.165, 1.54) is 0 Å². The molecule has 0 aromatic heterocycles. The zero-order valence-electron chi connectivity index (χ0n) is 7.09. The van der Waals surface area contributed by atoms with E-state index in [2.05, 4.69) is 0 Å². The van der Waals surface area contributed by atoms with Crippen LogP contribution in [-0.4, -0.2) is 5.91 Å². The Balaban J connectivity index is 2.28. The number of halogens is 1. The lowest BCUT2D eigenvalue weighted by molar-refractivity contribution is 0.1000. The van der Waals surface area contributed by atoms with Crippen molar-refractivity contribution in [3.05, 3.63) is 35.4 Å². The zero-order valence-corrected chi connectivity index (χ0v) is 7.09. The highest BCUT2D eigenvalue weighted by atomic mass is 19.1. The summed E-state index contributed by atoms with van der Waals surface area (Å²) in [6.07, 6.45) is 1.17. The maximum atomic E-state index is 13.4. The van der Waals surface area contributed by atoms with E-state index in [0.717, 1.165) is 0 Å². The van der Waals surface area contributed by atoms with Gasteiger partial charge in [0.1, 0.15) is 5.67 Å². The van der Waals surface area contributed by atoms with Crippen LogP contribution in [0.1, 0.15) is 28.8 Å². The molecule has 0 heterocycles. The minimum absolute atomic E-state index is 0.424. The van der Waals surface area contributed by atoms with Gasteiger partial charge >= 0.3 is 0 Å². The summed E-state index contributed by atoms with van der Waals surface area (Å²) in [5.41, 5.74) is 5.00. The Labute approximate surface area is 75.6 Å². The van der Waals surface area contributed by atoms with Gasteiger partial charge in [0.05, 0.1) is 0 Å². The Bertz CT molecular complexity index is 340. The molecule has 0 radical (unpaired) electrons. The number of alkyl halides is 1. The largest absolute Gasteiger partial charge is 0.366 e. The third kappa shape index (κ3) is 1.41. The molecule has 0 saturated heterocycles. The van der Waals surface area contributed by atoms with Crippen LogP contribution in [0.4, 0.5) is 4.39 Å². The summed E-state index contributed by atoms with van der Waals surface area (Å²) in [7, 11) is 0. The molecule has 1 saturated carbocycles. The lowest BCUT2D eigenvalue weighted by Gasteiger charge is -2.04. The summed E-state index contributed by atoms with van der Waals surface area (Å²) in [5.74, 6) is -0.477. The van der Waals surface area contributed by atoms with Crippen molar-refractivity contribution < 1.29 is 9.18 Å². The highest BCUT2D eigenvalue weighted by Crippen LogP contribution is 2.49. The molecule has 2 rings (SSSR count). The van der Waals surface area contributed by atoms with Crippen LogP contribution in [0.3, 0.4) is 0 Å². The van der Waals surface area contributed by atoms with Gasteiger partial charge in [-0.3, -0.25) is 4.79 Å². The van der Waals surface area contributed by atoms with Gasteiger partial charge in [-0.05, 0) is 30.5 Å². The Morgan fingerprint density at radius 3 is 2.23 bits per heavy atom. The normalized spacial score (nSPS) is 18.2. The lowest BCUT2D eigenvalue weighted by atomic mass is 10.1. The molecule has 0 atom stereocenters. The van der Waals surface area contributed by atoms with Crippen molar-refractivity contribution >= 4 is 5.91 Å². The third-order valence-electron chi connectivity index (χ3n) is 2.38. The Kier molecular flexibility index (Phi) is 1.62. The van der Waals surface area contributed by atoms with Gasteiger partial charge in [0.2, 0.25) is 5.91 Å². The Hall–Kier alpha value is -1.38. The molecule has 3 heteroatoms. The van der Waals surface area contributed by atoms with Gasteiger partial charge in [-0.15, -0.1) is 0 Å². The molecule has 1 amide bonds.